The molecule has 1 aromatic heterocycles. The van der Waals surface area contributed by atoms with E-state index in [0.29, 0.717) is 17.8 Å². The number of pyridine rings is 1. The molecule has 0 fully saturated rings. The minimum Gasteiger partial charge on any atom is -0.339 e. The first-order chi connectivity index (χ1) is 7.17. The summed E-state index contributed by atoms with van der Waals surface area (Å²) >= 11 is 0. The lowest BCUT2D eigenvalue weighted by Crippen LogP contribution is -2.31. The van der Waals surface area contributed by atoms with Crippen molar-refractivity contribution >= 4 is 5.91 Å². The lowest BCUT2D eigenvalue weighted by atomic mass is 10.2. The first-order valence-corrected chi connectivity index (χ1v) is 4.59. The van der Waals surface area contributed by atoms with Gasteiger partial charge in [0.2, 0.25) is 0 Å². The highest BCUT2D eigenvalue weighted by Gasteiger charge is 2.08. The summed E-state index contributed by atoms with van der Waals surface area (Å²) in [5.41, 5.74) is 6.62. The van der Waals surface area contributed by atoms with Crippen LogP contribution in [-0.2, 0) is 6.54 Å². The molecule has 1 unspecified atom stereocenters. The number of carbonyl (C=O) groups excluding carboxylic acids is 1. The van der Waals surface area contributed by atoms with E-state index in [2.05, 4.69) is 16.2 Å². The first kappa shape index (κ1) is 11.2. The highest BCUT2D eigenvalue weighted by Crippen LogP contribution is 2.01. The van der Waals surface area contributed by atoms with Gasteiger partial charge in [0, 0.05) is 18.3 Å². The fraction of sp³-hybridized carbons (Fsp3) is 0.273. The van der Waals surface area contributed by atoms with Gasteiger partial charge in [-0.15, -0.1) is 6.42 Å². The van der Waals surface area contributed by atoms with Crippen molar-refractivity contribution in [3.8, 4) is 12.3 Å². The Morgan fingerprint density at radius 2 is 2.53 bits per heavy atom. The maximum atomic E-state index is 11.6. The first-order valence-electron chi connectivity index (χ1n) is 4.59. The summed E-state index contributed by atoms with van der Waals surface area (Å²) in [6, 6.07) is 2.99. The largest absolute Gasteiger partial charge is 0.339 e. The SMILES string of the molecule is C#CC(C)NC(=O)c1ccnc(CN)c1. The van der Waals surface area contributed by atoms with Gasteiger partial charge in [-0.05, 0) is 19.1 Å². The summed E-state index contributed by atoms with van der Waals surface area (Å²) < 4.78 is 0. The number of nitrogens with one attached hydrogen (secondary N) is 1. The van der Waals surface area contributed by atoms with Crippen LogP contribution in [0.2, 0.25) is 0 Å². The fourth-order valence-corrected chi connectivity index (χ4v) is 1.05. The summed E-state index contributed by atoms with van der Waals surface area (Å²) in [6.07, 6.45) is 6.71. The summed E-state index contributed by atoms with van der Waals surface area (Å²) in [6.45, 7) is 2.05. The maximum absolute atomic E-state index is 11.6. The molecule has 15 heavy (non-hydrogen) atoms. The van der Waals surface area contributed by atoms with Crippen LogP contribution in [0.4, 0.5) is 0 Å². The highest BCUT2D eigenvalue weighted by atomic mass is 16.1. The Kier molecular flexibility index (Phi) is 3.83. The second kappa shape index (κ2) is 5.13. The third-order valence-electron chi connectivity index (χ3n) is 1.89. The summed E-state index contributed by atoms with van der Waals surface area (Å²) in [4.78, 5) is 15.6. The van der Waals surface area contributed by atoms with Gasteiger partial charge in [0.25, 0.3) is 5.91 Å². The molecule has 0 radical (unpaired) electrons. The average molecular weight is 203 g/mol. The molecule has 0 aliphatic heterocycles. The molecule has 0 aliphatic rings. The number of rotatable bonds is 3. The van der Waals surface area contributed by atoms with Crippen molar-refractivity contribution in [2.75, 3.05) is 0 Å². The van der Waals surface area contributed by atoms with Crippen molar-refractivity contribution in [1.29, 1.82) is 0 Å². The quantitative estimate of drug-likeness (QED) is 0.694. The van der Waals surface area contributed by atoms with Crippen LogP contribution in [0.1, 0.15) is 23.0 Å². The number of terminal acetylenes is 1. The number of aromatic nitrogens is 1. The molecule has 0 aliphatic carbocycles. The molecule has 4 heteroatoms. The molecule has 1 heterocycles. The zero-order valence-electron chi connectivity index (χ0n) is 8.53. The van der Waals surface area contributed by atoms with Gasteiger partial charge >= 0.3 is 0 Å². The van der Waals surface area contributed by atoms with Crippen molar-refractivity contribution in [3.63, 3.8) is 0 Å². The normalized spacial score (nSPS) is 11.5. The van der Waals surface area contributed by atoms with E-state index in [1.54, 1.807) is 25.3 Å². The number of amides is 1. The number of nitrogens with two attached hydrogens (primary N) is 1. The van der Waals surface area contributed by atoms with Crippen molar-refractivity contribution in [2.45, 2.75) is 19.5 Å². The molecule has 1 atom stereocenters. The highest BCUT2D eigenvalue weighted by molar-refractivity contribution is 5.94. The van der Waals surface area contributed by atoms with E-state index in [1.165, 1.54) is 0 Å². The van der Waals surface area contributed by atoms with E-state index in [0.717, 1.165) is 0 Å². The average Bonchev–Trinajstić information content (AvgIpc) is 2.28. The van der Waals surface area contributed by atoms with E-state index in [-0.39, 0.29) is 11.9 Å². The molecule has 78 valence electrons. The predicted octanol–water partition coefficient (Wildman–Crippen LogP) is 0.292. The molecule has 1 rings (SSSR count). The third-order valence-corrected chi connectivity index (χ3v) is 1.89. The standard InChI is InChI=1S/C11H13N3O/c1-3-8(2)14-11(15)9-4-5-13-10(6-9)7-12/h1,4-6,8H,7,12H2,2H3,(H,14,15). The molecule has 3 N–H and O–H groups in total. The van der Waals surface area contributed by atoms with Crippen LogP contribution in [0.5, 0.6) is 0 Å². The molecule has 0 bridgehead atoms. The van der Waals surface area contributed by atoms with E-state index >= 15 is 0 Å². The lowest BCUT2D eigenvalue weighted by Gasteiger charge is -2.07. The van der Waals surface area contributed by atoms with E-state index in [1.807, 2.05) is 0 Å². The molecule has 0 aromatic carbocycles. The van der Waals surface area contributed by atoms with E-state index in [9.17, 15) is 4.79 Å². The second-order valence-corrected chi connectivity index (χ2v) is 3.10. The van der Waals surface area contributed by atoms with Gasteiger partial charge in [0.1, 0.15) is 0 Å². The maximum Gasteiger partial charge on any atom is 0.252 e. The topological polar surface area (TPSA) is 68.0 Å². The summed E-state index contributed by atoms with van der Waals surface area (Å²) in [5.74, 6) is 2.21. The van der Waals surface area contributed by atoms with Crippen LogP contribution in [-0.4, -0.2) is 16.9 Å². The molecule has 0 spiro atoms. The molecule has 0 saturated heterocycles. The number of carbonyl (C=O) groups is 1. The number of hydrogen-bond donors (Lipinski definition) is 2. The van der Waals surface area contributed by atoms with Gasteiger partial charge < -0.3 is 11.1 Å². The van der Waals surface area contributed by atoms with Gasteiger partial charge in [0.05, 0.1) is 11.7 Å². The molecule has 1 amide bonds. The zero-order valence-corrected chi connectivity index (χ0v) is 8.53. The van der Waals surface area contributed by atoms with Crippen LogP contribution >= 0.6 is 0 Å². The molecule has 1 aromatic rings. The minimum atomic E-state index is -0.285. The monoisotopic (exact) mass is 203 g/mol. The lowest BCUT2D eigenvalue weighted by molar-refractivity contribution is 0.0948. The second-order valence-electron chi connectivity index (χ2n) is 3.10. The van der Waals surface area contributed by atoms with Gasteiger partial charge in [0.15, 0.2) is 0 Å². The van der Waals surface area contributed by atoms with Crippen molar-refractivity contribution in [1.82, 2.24) is 10.3 Å². The fourth-order valence-electron chi connectivity index (χ4n) is 1.05. The summed E-state index contributed by atoms with van der Waals surface area (Å²) in [7, 11) is 0. The van der Waals surface area contributed by atoms with Crippen LogP contribution in [0, 0.1) is 12.3 Å². The third kappa shape index (κ3) is 3.08. The minimum absolute atomic E-state index is 0.211. The van der Waals surface area contributed by atoms with Crippen LogP contribution in [0.3, 0.4) is 0 Å². The number of nitrogens with zero attached hydrogens (tertiary/aromatic N) is 1. The Labute approximate surface area is 88.9 Å². The van der Waals surface area contributed by atoms with Crippen LogP contribution in [0.15, 0.2) is 18.3 Å². The van der Waals surface area contributed by atoms with Crippen LogP contribution < -0.4 is 11.1 Å². The van der Waals surface area contributed by atoms with Crippen molar-refractivity contribution in [2.24, 2.45) is 5.73 Å². The molecular weight excluding hydrogens is 190 g/mol. The van der Waals surface area contributed by atoms with Crippen LogP contribution in [0.25, 0.3) is 0 Å². The van der Waals surface area contributed by atoms with Gasteiger partial charge in [-0.1, -0.05) is 5.92 Å². The Morgan fingerprint density at radius 1 is 1.80 bits per heavy atom. The van der Waals surface area contributed by atoms with Gasteiger partial charge in [-0.25, -0.2) is 0 Å². The van der Waals surface area contributed by atoms with E-state index in [4.69, 9.17) is 12.2 Å². The van der Waals surface area contributed by atoms with Crippen molar-refractivity contribution < 1.29 is 4.79 Å². The zero-order chi connectivity index (χ0) is 11.3. The Bertz CT molecular complexity index is 395. The van der Waals surface area contributed by atoms with E-state index < -0.39 is 0 Å². The predicted molar refractivity (Wildman–Crippen MR) is 57.9 cm³/mol. The van der Waals surface area contributed by atoms with Gasteiger partial charge in [-0.2, -0.15) is 0 Å². The number of hydrogen-bond acceptors (Lipinski definition) is 3. The molecule has 0 saturated carbocycles. The Morgan fingerprint density at radius 3 is 3.13 bits per heavy atom. The Hall–Kier alpha value is -1.86. The Balaban J connectivity index is 2.78. The molecular formula is C11H13N3O. The van der Waals surface area contributed by atoms with Gasteiger partial charge in [-0.3, -0.25) is 9.78 Å². The summed E-state index contributed by atoms with van der Waals surface area (Å²) in [5, 5.41) is 2.65. The molecule has 4 nitrogen and oxygen atoms in total. The van der Waals surface area contributed by atoms with Crippen molar-refractivity contribution in [3.05, 3.63) is 29.6 Å². The smallest absolute Gasteiger partial charge is 0.252 e.